The highest BCUT2D eigenvalue weighted by atomic mass is 35.5. The molecule has 7 heteroatoms. The lowest BCUT2D eigenvalue weighted by Gasteiger charge is -2.09. The number of hydrogen-bond acceptors (Lipinski definition) is 4. The summed E-state index contributed by atoms with van der Waals surface area (Å²) in [5.41, 5.74) is 1.73. The zero-order valence-electron chi connectivity index (χ0n) is 11.7. The SMILES string of the molecule is Cc1noc(CCn2c(C(C)Cl)nc3c(Cl)cccc32)n1. The Morgan fingerprint density at radius 3 is 2.81 bits per heavy atom. The average molecular weight is 325 g/mol. The lowest BCUT2D eigenvalue weighted by Crippen LogP contribution is -2.07. The van der Waals surface area contributed by atoms with Gasteiger partial charge in [0.25, 0.3) is 0 Å². The van der Waals surface area contributed by atoms with E-state index in [1.807, 2.05) is 25.1 Å². The van der Waals surface area contributed by atoms with Crippen molar-refractivity contribution >= 4 is 34.2 Å². The molecule has 0 aliphatic carbocycles. The maximum atomic E-state index is 6.24. The van der Waals surface area contributed by atoms with Crippen molar-refractivity contribution in [3.63, 3.8) is 0 Å². The molecule has 0 radical (unpaired) electrons. The molecule has 0 saturated heterocycles. The molecule has 3 rings (SSSR count). The van der Waals surface area contributed by atoms with E-state index in [4.69, 9.17) is 27.7 Å². The smallest absolute Gasteiger partial charge is 0.228 e. The van der Waals surface area contributed by atoms with Crippen molar-refractivity contribution in [2.75, 3.05) is 0 Å². The van der Waals surface area contributed by atoms with E-state index in [1.54, 1.807) is 6.92 Å². The molecule has 0 aliphatic heterocycles. The van der Waals surface area contributed by atoms with Gasteiger partial charge in [0.2, 0.25) is 5.89 Å². The van der Waals surface area contributed by atoms with Crippen molar-refractivity contribution in [2.24, 2.45) is 0 Å². The van der Waals surface area contributed by atoms with Gasteiger partial charge in [-0.25, -0.2) is 4.98 Å². The number of aryl methyl sites for hydroxylation is 3. The Morgan fingerprint density at radius 1 is 1.33 bits per heavy atom. The van der Waals surface area contributed by atoms with Gasteiger partial charge in [-0.3, -0.25) is 0 Å². The van der Waals surface area contributed by atoms with Crippen LogP contribution in [0.4, 0.5) is 0 Å². The minimum absolute atomic E-state index is 0.210. The fourth-order valence-corrected chi connectivity index (χ4v) is 2.70. The Kier molecular flexibility index (Phi) is 3.87. The molecular weight excluding hydrogens is 311 g/mol. The second-order valence-electron chi connectivity index (χ2n) is 4.83. The quantitative estimate of drug-likeness (QED) is 0.682. The van der Waals surface area contributed by atoms with Crippen LogP contribution in [0.3, 0.4) is 0 Å². The van der Waals surface area contributed by atoms with Crippen LogP contribution in [-0.4, -0.2) is 19.7 Å². The van der Waals surface area contributed by atoms with Crippen LogP contribution in [0.5, 0.6) is 0 Å². The number of benzene rings is 1. The van der Waals surface area contributed by atoms with Crippen molar-refractivity contribution in [3.05, 3.63) is 40.8 Å². The number of alkyl halides is 1. The van der Waals surface area contributed by atoms with Gasteiger partial charge in [0.05, 0.1) is 15.9 Å². The van der Waals surface area contributed by atoms with Crippen LogP contribution >= 0.6 is 23.2 Å². The summed E-state index contributed by atoms with van der Waals surface area (Å²) in [7, 11) is 0. The Labute approximate surface area is 131 Å². The fraction of sp³-hybridized carbons (Fsp3) is 0.357. The normalized spacial score (nSPS) is 13.0. The van der Waals surface area contributed by atoms with E-state index in [9.17, 15) is 0 Å². The van der Waals surface area contributed by atoms with Gasteiger partial charge in [-0.2, -0.15) is 4.98 Å². The first-order chi connectivity index (χ1) is 10.1. The van der Waals surface area contributed by atoms with Crippen LogP contribution in [0.15, 0.2) is 22.7 Å². The predicted molar refractivity (Wildman–Crippen MR) is 81.8 cm³/mol. The standard InChI is InChI=1S/C14H14Cl2N4O/c1-8(15)14-18-13-10(16)4-3-5-11(13)20(14)7-6-12-17-9(2)19-21-12/h3-5,8H,6-7H2,1-2H3. The lowest BCUT2D eigenvalue weighted by atomic mass is 10.3. The highest BCUT2D eigenvalue weighted by molar-refractivity contribution is 6.35. The van der Waals surface area contributed by atoms with Crippen molar-refractivity contribution in [1.29, 1.82) is 0 Å². The molecule has 1 unspecified atom stereocenters. The Balaban J connectivity index is 1.99. The van der Waals surface area contributed by atoms with Gasteiger partial charge in [0.15, 0.2) is 5.82 Å². The molecule has 1 atom stereocenters. The van der Waals surface area contributed by atoms with E-state index in [1.165, 1.54) is 0 Å². The third-order valence-electron chi connectivity index (χ3n) is 3.23. The lowest BCUT2D eigenvalue weighted by molar-refractivity contribution is 0.368. The monoisotopic (exact) mass is 324 g/mol. The molecule has 3 aromatic rings. The minimum Gasteiger partial charge on any atom is -0.339 e. The van der Waals surface area contributed by atoms with Crippen LogP contribution in [0.2, 0.25) is 5.02 Å². The van der Waals surface area contributed by atoms with Crippen LogP contribution in [0.25, 0.3) is 11.0 Å². The van der Waals surface area contributed by atoms with Crippen molar-refractivity contribution in [3.8, 4) is 0 Å². The molecule has 2 heterocycles. The number of aromatic nitrogens is 4. The molecular formula is C14H14Cl2N4O. The van der Waals surface area contributed by atoms with Gasteiger partial charge in [-0.05, 0) is 26.0 Å². The van der Waals surface area contributed by atoms with E-state index in [0.29, 0.717) is 29.7 Å². The van der Waals surface area contributed by atoms with Gasteiger partial charge in [0, 0.05) is 13.0 Å². The number of halogens is 2. The third-order valence-corrected chi connectivity index (χ3v) is 3.73. The van der Waals surface area contributed by atoms with Gasteiger partial charge in [0.1, 0.15) is 11.3 Å². The minimum atomic E-state index is -0.210. The number of rotatable bonds is 4. The van der Waals surface area contributed by atoms with Crippen LogP contribution in [-0.2, 0) is 13.0 Å². The maximum Gasteiger partial charge on any atom is 0.228 e. The Bertz CT molecular complexity index is 778. The molecule has 0 saturated carbocycles. The van der Waals surface area contributed by atoms with Crippen LogP contribution in [0.1, 0.15) is 29.8 Å². The van der Waals surface area contributed by atoms with E-state index < -0.39 is 0 Å². The zero-order valence-corrected chi connectivity index (χ0v) is 13.2. The molecule has 1 aromatic carbocycles. The summed E-state index contributed by atoms with van der Waals surface area (Å²) in [6.07, 6.45) is 0.620. The summed E-state index contributed by atoms with van der Waals surface area (Å²) in [5, 5.41) is 4.21. The summed E-state index contributed by atoms with van der Waals surface area (Å²) < 4.78 is 7.20. The number of imidazole rings is 1. The topological polar surface area (TPSA) is 56.7 Å². The fourth-order valence-electron chi connectivity index (χ4n) is 2.32. The predicted octanol–water partition coefficient (Wildman–Crippen LogP) is 3.92. The third kappa shape index (κ3) is 2.76. The van der Waals surface area contributed by atoms with E-state index in [0.717, 1.165) is 16.9 Å². The number of nitrogens with zero attached hydrogens (tertiary/aromatic N) is 4. The van der Waals surface area contributed by atoms with Crippen LogP contribution < -0.4 is 0 Å². The molecule has 0 fully saturated rings. The second kappa shape index (κ2) is 5.66. The van der Waals surface area contributed by atoms with Gasteiger partial charge >= 0.3 is 0 Å². The summed E-state index contributed by atoms with van der Waals surface area (Å²) in [5.74, 6) is 2.02. The summed E-state index contributed by atoms with van der Waals surface area (Å²) in [6, 6.07) is 5.71. The second-order valence-corrected chi connectivity index (χ2v) is 5.89. The Hall–Kier alpha value is -1.59. The van der Waals surface area contributed by atoms with Gasteiger partial charge < -0.3 is 9.09 Å². The summed E-state index contributed by atoms with van der Waals surface area (Å²) in [4.78, 5) is 8.77. The molecule has 0 aliphatic rings. The average Bonchev–Trinajstić information content (AvgIpc) is 3.01. The molecule has 5 nitrogen and oxygen atoms in total. The molecule has 110 valence electrons. The maximum absolute atomic E-state index is 6.24. The molecule has 0 spiro atoms. The van der Waals surface area contributed by atoms with E-state index >= 15 is 0 Å². The highest BCUT2D eigenvalue weighted by Gasteiger charge is 2.17. The highest BCUT2D eigenvalue weighted by Crippen LogP contribution is 2.28. The van der Waals surface area contributed by atoms with Crippen molar-refractivity contribution in [1.82, 2.24) is 19.7 Å². The van der Waals surface area contributed by atoms with Crippen LogP contribution in [0, 0.1) is 6.92 Å². The van der Waals surface area contributed by atoms with E-state index in [-0.39, 0.29) is 5.38 Å². The van der Waals surface area contributed by atoms with Gasteiger partial charge in [-0.1, -0.05) is 22.8 Å². The number of fused-ring (bicyclic) bond motifs is 1. The zero-order chi connectivity index (χ0) is 15.0. The molecule has 2 aromatic heterocycles. The molecule has 0 N–H and O–H groups in total. The number of hydrogen-bond donors (Lipinski definition) is 0. The van der Waals surface area contributed by atoms with Crippen molar-refractivity contribution in [2.45, 2.75) is 32.2 Å². The first kappa shape index (κ1) is 14.4. The Morgan fingerprint density at radius 2 is 2.14 bits per heavy atom. The first-order valence-electron chi connectivity index (χ1n) is 6.64. The van der Waals surface area contributed by atoms with Gasteiger partial charge in [-0.15, -0.1) is 11.6 Å². The largest absolute Gasteiger partial charge is 0.339 e. The molecule has 0 amide bonds. The molecule has 21 heavy (non-hydrogen) atoms. The molecule has 0 bridgehead atoms. The number of para-hydroxylation sites is 1. The summed E-state index contributed by atoms with van der Waals surface area (Å²) in [6.45, 7) is 4.35. The summed E-state index contributed by atoms with van der Waals surface area (Å²) >= 11 is 12.4. The first-order valence-corrected chi connectivity index (χ1v) is 7.45. The van der Waals surface area contributed by atoms with E-state index in [2.05, 4.69) is 19.7 Å². The van der Waals surface area contributed by atoms with Crippen molar-refractivity contribution < 1.29 is 4.52 Å².